The molecular weight excluding hydrogens is 354 g/mol. The fraction of sp³-hybridized carbons (Fsp3) is 0. The second-order valence-corrected chi connectivity index (χ2v) is 6.11. The van der Waals surface area contributed by atoms with Crippen molar-refractivity contribution in [2.75, 3.05) is 5.32 Å². The van der Waals surface area contributed by atoms with Gasteiger partial charge in [0.2, 0.25) is 5.16 Å². The van der Waals surface area contributed by atoms with Crippen molar-refractivity contribution in [3.05, 3.63) is 41.7 Å². The largest absolute Gasteiger partial charge is 0.465 e. The summed E-state index contributed by atoms with van der Waals surface area (Å²) in [5.41, 5.74) is 1.20. The van der Waals surface area contributed by atoms with E-state index in [-0.39, 0.29) is 5.82 Å². The van der Waals surface area contributed by atoms with Gasteiger partial charge in [-0.05, 0) is 36.0 Å². The third kappa shape index (κ3) is 2.72. The zero-order valence-electron chi connectivity index (χ0n) is 11.8. The molecule has 4 aromatic rings. The van der Waals surface area contributed by atoms with Gasteiger partial charge < -0.3 is 5.11 Å². The summed E-state index contributed by atoms with van der Waals surface area (Å²) in [6.07, 6.45) is 2.04. The Balaban J connectivity index is 1.68. The Morgan fingerprint density at radius 2 is 2.00 bits per heavy atom. The van der Waals surface area contributed by atoms with Crippen LogP contribution in [0.15, 0.2) is 46.8 Å². The summed E-state index contributed by atoms with van der Waals surface area (Å²) in [7, 11) is 0. The van der Waals surface area contributed by atoms with Crippen molar-refractivity contribution in [1.82, 2.24) is 29.2 Å². The number of imidazole rings is 1. The van der Waals surface area contributed by atoms with Gasteiger partial charge in [0.25, 0.3) is 0 Å². The number of nitrogens with zero attached hydrogens (tertiary/aromatic N) is 6. The second-order valence-electron chi connectivity index (χ2n) is 4.69. The van der Waals surface area contributed by atoms with E-state index in [1.165, 1.54) is 22.5 Å². The van der Waals surface area contributed by atoms with E-state index in [0.29, 0.717) is 26.5 Å². The molecule has 0 fully saturated rings. The van der Waals surface area contributed by atoms with Gasteiger partial charge in [-0.1, -0.05) is 11.6 Å². The van der Waals surface area contributed by atoms with Crippen LogP contribution in [-0.4, -0.2) is 40.4 Å². The van der Waals surface area contributed by atoms with E-state index in [4.69, 9.17) is 16.7 Å². The van der Waals surface area contributed by atoms with Crippen molar-refractivity contribution in [3.63, 3.8) is 0 Å². The summed E-state index contributed by atoms with van der Waals surface area (Å²) in [6.45, 7) is 0. The van der Waals surface area contributed by atoms with Crippen molar-refractivity contribution < 1.29 is 9.90 Å². The summed E-state index contributed by atoms with van der Waals surface area (Å²) in [4.78, 5) is 14.8. The number of carbonyl (C=O) groups is 1. The van der Waals surface area contributed by atoms with Crippen LogP contribution in [0, 0.1) is 0 Å². The predicted molar refractivity (Wildman–Crippen MR) is 86.8 cm³/mol. The maximum absolute atomic E-state index is 10.7. The molecule has 4 aromatic heterocycles. The molecule has 4 heterocycles. The SMILES string of the molecule is O=C(O)Nc1cn2nc(Sc3nnc4ccc(Cl)cn34)ccc2n1. The highest BCUT2D eigenvalue weighted by atomic mass is 35.5. The lowest BCUT2D eigenvalue weighted by Crippen LogP contribution is -2.07. The first-order valence-electron chi connectivity index (χ1n) is 6.63. The van der Waals surface area contributed by atoms with Gasteiger partial charge in [-0.2, -0.15) is 5.10 Å². The van der Waals surface area contributed by atoms with Crippen LogP contribution in [0.4, 0.5) is 10.6 Å². The standard InChI is InChI=1S/C13H8ClN7O2S/c14-7-1-2-10-17-18-12(20(10)5-7)24-11-4-3-9-15-8(16-13(22)23)6-21(9)19-11/h1-6,16H,(H,22,23). The molecule has 0 atom stereocenters. The van der Waals surface area contributed by atoms with Crippen molar-refractivity contribution >= 4 is 46.6 Å². The lowest BCUT2D eigenvalue weighted by Gasteiger charge is -2.00. The Morgan fingerprint density at radius 1 is 1.17 bits per heavy atom. The Hall–Kier alpha value is -2.85. The number of nitrogens with one attached hydrogen (secondary N) is 1. The van der Waals surface area contributed by atoms with Crippen molar-refractivity contribution in [2.45, 2.75) is 10.2 Å². The van der Waals surface area contributed by atoms with Crippen LogP contribution in [0.3, 0.4) is 0 Å². The van der Waals surface area contributed by atoms with Crippen LogP contribution < -0.4 is 5.32 Å². The highest BCUT2D eigenvalue weighted by Crippen LogP contribution is 2.26. The first-order chi connectivity index (χ1) is 11.6. The van der Waals surface area contributed by atoms with E-state index in [0.717, 1.165) is 0 Å². The predicted octanol–water partition coefficient (Wildman–Crippen LogP) is 2.67. The fourth-order valence-corrected chi connectivity index (χ4v) is 3.03. The summed E-state index contributed by atoms with van der Waals surface area (Å²) in [5, 5.41) is 25.3. The molecule has 11 heteroatoms. The Labute approximate surface area is 143 Å². The number of fused-ring (bicyclic) bond motifs is 2. The molecule has 24 heavy (non-hydrogen) atoms. The zero-order chi connectivity index (χ0) is 16.7. The molecule has 1 amide bonds. The van der Waals surface area contributed by atoms with Crippen molar-refractivity contribution in [2.24, 2.45) is 0 Å². The number of halogens is 1. The van der Waals surface area contributed by atoms with Crippen LogP contribution in [0.5, 0.6) is 0 Å². The van der Waals surface area contributed by atoms with E-state index in [9.17, 15) is 4.79 Å². The smallest absolute Gasteiger partial charge is 0.410 e. The molecule has 0 saturated carbocycles. The number of amides is 1. The Morgan fingerprint density at radius 3 is 2.83 bits per heavy atom. The van der Waals surface area contributed by atoms with E-state index >= 15 is 0 Å². The average molecular weight is 362 g/mol. The minimum absolute atomic E-state index is 0.205. The van der Waals surface area contributed by atoms with Gasteiger partial charge >= 0.3 is 6.09 Å². The van der Waals surface area contributed by atoms with Crippen LogP contribution in [0.2, 0.25) is 5.02 Å². The van der Waals surface area contributed by atoms with E-state index in [2.05, 4.69) is 25.6 Å². The molecule has 0 bridgehead atoms. The first kappa shape index (κ1) is 14.7. The number of hydrogen-bond donors (Lipinski definition) is 2. The van der Waals surface area contributed by atoms with Gasteiger partial charge in [0.15, 0.2) is 17.1 Å². The molecule has 0 aromatic carbocycles. The summed E-state index contributed by atoms with van der Waals surface area (Å²) >= 11 is 7.31. The summed E-state index contributed by atoms with van der Waals surface area (Å²) < 4.78 is 3.26. The third-order valence-corrected chi connectivity index (χ3v) is 4.17. The molecule has 4 rings (SSSR count). The molecule has 9 nitrogen and oxygen atoms in total. The molecule has 0 saturated heterocycles. The molecule has 0 aliphatic heterocycles. The molecule has 0 spiro atoms. The third-order valence-electron chi connectivity index (χ3n) is 3.06. The van der Waals surface area contributed by atoms with Gasteiger partial charge in [-0.3, -0.25) is 9.72 Å². The summed E-state index contributed by atoms with van der Waals surface area (Å²) in [6, 6.07) is 7.02. The molecular formula is C13H8ClN7O2S. The van der Waals surface area contributed by atoms with Gasteiger partial charge in [0.05, 0.1) is 11.2 Å². The lowest BCUT2D eigenvalue weighted by molar-refractivity contribution is 0.209. The molecule has 0 aliphatic rings. The zero-order valence-corrected chi connectivity index (χ0v) is 13.4. The first-order valence-corrected chi connectivity index (χ1v) is 7.82. The van der Waals surface area contributed by atoms with Crippen LogP contribution in [0.1, 0.15) is 0 Å². The molecule has 0 aliphatic carbocycles. The van der Waals surface area contributed by atoms with E-state index < -0.39 is 6.09 Å². The average Bonchev–Trinajstić information content (AvgIpc) is 3.10. The van der Waals surface area contributed by atoms with E-state index in [1.807, 2.05) is 0 Å². The van der Waals surface area contributed by atoms with Crippen molar-refractivity contribution in [3.8, 4) is 0 Å². The van der Waals surface area contributed by atoms with Crippen LogP contribution in [0.25, 0.3) is 11.3 Å². The molecule has 2 N–H and O–H groups in total. The molecule has 0 radical (unpaired) electrons. The van der Waals surface area contributed by atoms with Gasteiger partial charge in [0, 0.05) is 6.20 Å². The molecule has 120 valence electrons. The topological polar surface area (TPSA) is 110 Å². The van der Waals surface area contributed by atoms with Crippen molar-refractivity contribution in [1.29, 1.82) is 0 Å². The Kier molecular flexibility index (Phi) is 3.47. The number of hydrogen-bond acceptors (Lipinski definition) is 6. The Bertz CT molecular complexity index is 1080. The molecule has 0 unspecified atom stereocenters. The number of anilines is 1. The minimum atomic E-state index is -1.18. The highest BCUT2D eigenvalue weighted by Gasteiger charge is 2.11. The van der Waals surface area contributed by atoms with E-state index in [1.54, 1.807) is 34.9 Å². The number of rotatable bonds is 3. The minimum Gasteiger partial charge on any atom is -0.465 e. The number of pyridine rings is 1. The second kappa shape index (κ2) is 5.65. The normalized spacial score (nSPS) is 11.2. The fourth-order valence-electron chi connectivity index (χ4n) is 2.10. The maximum atomic E-state index is 10.7. The van der Waals surface area contributed by atoms with Gasteiger partial charge in [-0.15, -0.1) is 10.2 Å². The number of carboxylic acid groups (broad SMARTS) is 1. The number of aromatic nitrogens is 6. The highest BCUT2D eigenvalue weighted by molar-refractivity contribution is 7.99. The quantitative estimate of drug-likeness (QED) is 0.577. The van der Waals surface area contributed by atoms with Gasteiger partial charge in [0.1, 0.15) is 5.03 Å². The monoisotopic (exact) mass is 361 g/mol. The summed E-state index contributed by atoms with van der Waals surface area (Å²) in [5.74, 6) is 0.205. The van der Waals surface area contributed by atoms with Crippen LogP contribution in [-0.2, 0) is 0 Å². The van der Waals surface area contributed by atoms with Crippen LogP contribution >= 0.6 is 23.4 Å². The maximum Gasteiger partial charge on any atom is 0.410 e. The van der Waals surface area contributed by atoms with Gasteiger partial charge in [-0.25, -0.2) is 14.3 Å². The lowest BCUT2D eigenvalue weighted by atomic mass is 10.5.